The zero-order chi connectivity index (χ0) is 27.8. The highest BCUT2D eigenvalue weighted by atomic mass is 19.1. The lowest BCUT2D eigenvalue weighted by Gasteiger charge is -2.13. The van der Waals surface area contributed by atoms with Crippen LogP contribution in [0.5, 0.6) is 11.5 Å². The number of rotatable bonds is 7. The number of hydrogen-bond donors (Lipinski definition) is 1. The maximum Gasteiger partial charge on any atom is 0.205 e. The van der Waals surface area contributed by atoms with Crippen molar-refractivity contribution in [2.45, 2.75) is 33.7 Å². The molecular weight excluding hydrogens is 512 g/mol. The van der Waals surface area contributed by atoms with Crippen LogP contribution in [0.2, 0.25) is 0 Å². The van der Waals surface area contributed by atoms with Crippen LogP contribution in [0.1, 0.15) is 29.6 Å². The van der Waals surface area contributed by atoms with Crippen molar-refractivity contribution in [1.29, 1.82) is 0 Å². The van der Waals surface area contributed by atoms with E-state index in [-0.39, 0.29) is 5.75 Å². The van der Waals surface area contributed by atoms with Gasteiger partial charge < -0.3 is 9.30 Å². The van der Waals surface area contributed by atoms with Gasteiger partial charge in [0, 0.05) is 23.7 Å². The van der Waals surface area contributed by atoms with Crippen LogP contribution in [0, 0.1) is 25.5 Å². The fraction of sp³-hybridized carbons (Fsp3) is 0.167. The second-order valence-electron chi connectivity index (χ2n) is 9.54. The third-order valence-corrected chi connectivity index (χ3v) is 6.72. The summed E-state index contributed by atoms with van der Waals surface area (Å²) in [6.07, 6.45) is 0.794. The maximum absolute atomic E-state index is 14.2. The fourth-order valence-corrected chi connectivity index (χ4v) is 4.84. The highest BCUT2D eigenvalue weighted by Crippen LogP contribution is 2.35. The lowest BCUT2D eigenvalue weighted by Crippen LogP contribution is -2.05. The number of nitrogens with one attached hydrogen (secondary N) is 1. The number of aryl methyl sites for hydroxylation is 3. The number of aromatic nitrogens is 7. The van der Waals surface area contributed by atoms with Crippen molar-refractivity contribution in [2.24, 2.45) is 0 Å². The van der Waals surface area contributed by atoms with Gasteiger partial charge in [0.25, 0.3) is 0 Å². The summed E-state index contributed by atoms with van der Waals surface area (Å²) < 4.78 is 35.5. The largest absolute Gasteiger partial charge is 0.454 e. The monoisotopic (exact) mass is 537 g/mol. The molecule has 8 nitrogen and oxygen atoms in total. The molecule has 0 spiro atoms. The average molecular weight is 538 g/mol. The van der Waals surface area contributed by atoms with Crippen molar-refractivity contribution in [2.75, 3.05) is 0 Å². The van der Waals surface area contributed by atoms with E-state index in [1.807, 2.05) is 19.1 Å². The van der Waals surface area contributed by atoms with Crippen LogP contribution in [0.4, 0.5) is 8.78 Å². The van der Waals surface area contributed by atoms with Gasteiger partial charge in [-0.15, -0.1) is 10.2 Å². The molecule has 10 heteroatoms. The molecule has 6 rings (SSSR count). The Bertz CT molecular complexity index is 1830. The van der Waals surface area contributed by atoms with Gasteiger partial charge in [-0.05, 0) is 77.7 Å². The second-order valence-corrected chi connectivity index (χ2v) is 9.54. The number of benzene rings is 3. The summed E-state index contributed by atoms with van der Waals surface area (Å²) in [6.45, 7) is 6.77. The summed E-state index contributed by atoms with van der Waals surface area (Å²) in [7, 11) is 0. The van der Waals surface area contributed by atoms with Crippen molar-refractivity contribution in [1.82, 2.24) is 35.2 Å². The Morgan fingerprint density at radius 1 is 0.900 bits per heavy atom. The van der Waals surface area contributed by atoms with Gasteiger partial charge in [0.1, 0.15) is 22.9 Å². The van der Waals surface area contributed by atoms with Gasteiger partial charge >= 0.3 is 0 Å². The molecule has 3 heterocycles. The smallest absolute Gasteiger partial charge is 0.205 e. The Morgan fingerprint density at radius 3 is 2.45 bits per heavy atom. The molecular formula is C30H25F2N7O. The van der Waals surface area contributed by atoms with E-state index in [4.69, 9.17) is 14.7 Å². The Kier molecular flexibility index (Phi) is 6.51. The first-order chi connectivity index (χ1) is 19.4. The molecule has 0 fully saturated rings. The van der Waals surface area contributed by atoms with Crippen LogP contribution in [0.15, 0.2) is 66.7 Å². The Morgan fingerprint density at radius 2 is 1.73 bits per heavy atom. The lowest BCUT2D eigenvalue weighted by molar-refractivity contribution is 0.438. The van der Waals surface area contributed by atoms with Crippen molar-refractivity contribution in [3.63, 3.8) is 0 Å². The number of pyridine rings is 1. The summed E-state index contributed by atoms with van der Waals surface area (Å²) >= 11 is 0. The van der Waals surface area contributed by atoms with Crippen molar-refractivity contribution >= 4 is 11.2 Å². The zero-order valence-corrected chi connectivity index (χ0v) is 22.1. The van der Waals surface area contributed by atoms with Crippen LogP contribution in [-0.4, -0.2) is 35.2 Å². The van der Waals surface area contributed by atoms with E-state index in [0.29, 0.717) is 18.1 Å². The van der Waals surface area contributed by atoms with Gasteiger partial charge in [-0.1, -0.05) is 31.2 Å². The lowest BCUT2D eigenvalue weighted by atomic mass is 9.97. The molecule has 1 N–H and O–H groups in total. The van der Waals surface area contributed by atoms with Crippen molar-refractivity contribution < 1.29 is 13.5 Å². The van der Waals surface area contributed by atoms with E-state index in [9.17, 15) is 8.78 Å². The number of fused-ring (bicyclic) bond motifs is 1. The van der Waals surface area contributed by atoms with E-state index in [2.05, 4.69) is 57.2 Å². The molecule has 6 aromatic rings. The molecule has 0 aliphatic heterocycles. The van der Waals surface area contributed by atoms with E-state index < -0.39 is 11.6 Å². The minimum absolute atomic E-state index is 0.0756. The zero-order valence-electron chi connectivity index (χ0n) is 22.1. The van der Waals surface area contributed by atoms with Crippen LogP contribution in [0.3, 0.4) is 0 Å². The quantitative estimate of drug-likeness (QED) is 0.247. The molecule has 200 valence electrons. The summed E-state index contributed by atoms with van der Waals surface area (Å²) in [4.78, 5) is 9.62. The summed E-state index contributed by atoms with van der Waals surface area (Å²) in [5.41, 5.74) is 7.34. The molecule has 0 amide bonds. The number of halogens is 2. The summed E-state index contributed by atoms with van der Waals surface area (Å²) in [6, 6.07) is 18.6. The third kappa shape index (κ3) is 4.79. The predicted octanol–water partition coefficient (Wildman–Crippen LogP) is 6.58. The first kappa shape index (κ1) is 25.3. The molecule has 3 aromatic carbocycles. The Balaban J connectivity index is 1.36. The second kappa shape index (κ2) is 10.3. The molecule has 0 saturated heterocycles. The van der Waals surface area contributed by atoms with Gasteiger partial charge in [-0.3, -0.25) is 0 Å². The highest BCUT2D eigenvalue weighted by Gasteiger charge is 2.16. The number of nitrogens with zero attached hydrogens (tertiary/aromatic N) is 6. The minimum Gasteiger partial charge on any atom is -0.454 e. The van der Waals surface area contributed by atoms with Crippen LogP contribution in [0.25, 0.3) is 33.7 Å². The number of tetrazole rings is 1. The summed E-state index contributed by atoms with van der Waals surface area (Å²) in [5, 5.41) is 14.4. The van der Waals surface area contributed by atoms with Crippen LogP contribution < -0.4 is 4.74 Å². The number of imidazole rings is 1. The van der Waals surface area contributed by atoms with Crippen LogP contribution in [-0.2, 0) is 13.0 Å². The molecule has 0 bridgehead atoms. The highest BCUT2D eigenvalue weighted by molar-refractivity contribution is 5.82. The van der Waals surface area contributed by atoms with Gasteiger partial charge in [-0.2, -0.15) is 5.21 Å². The van der Waals surface area contributed by atoms with Crippen molar-refractivity contribution in [3.8, 4) is 34.0 Å². The number of aromatic amines is 1. The normalized spacial score (nSPS) is 11.3. The number of ether oxygens (including phenoxy) is 1. The topological polar surface area (TPSA) is 94.4 Å². The first-order valence-corrected chi connectivity index (χ1v) is 12.8. The molecule has 0 aliphatic carbocycles. The van der Waals surface area contributed by atoms with E-state index in [1.54, 1.807) is 18.2 Å². The summed E-state index contributed by atoms with van der Waals surface area (Å²) in [5.74, 6) is 0.241. The van der Waals surface area contributed by atoms with Gasteiger partial charge in [0.15, 0.2) is 17.2 Å². The molecule has 0 saturated carbocycles. The third-order valence-electron chi connectivity index (χ3n) is 6.72. The van der Waals surface area contributed by atoms with Gasteiger partial charge in [0.2, 0.25) is 5.82 Å². The first-order valence-electron chi connectivity index (χ1n) is 12.8. The predicted molar refractivity (Wildman–Crippen MR) is 147 cm³/mol. The van der Waals surface area contributed by atoms with Crippen LogP contribution >= 0.6 is 0 Å². The molecule has 0 unspecified atom stereocenters. The minimum atomic E-state index is -0.786. The fourth-order valence-electron chi connectivity index (χ4n) is 4.84. The van der Waals surface area contributed by atoms with E-state index >= 15 is 0 Å². The Labute approximate surface area is 228 Å². The SMILES string of the molecule is CCc1nc2c(C)cc(C)nc2n1Cc1ccc(-c2cc(Oc3ccc(F)cc3F)ccc2-c2nn[nH]n2)cc1. The average Bonchev–Trinajstić information content (AvgIpc) is 3.60. The standard InChI is InChI=1S/C30H25F2N7O/c1-4-27-34-28-17(2)13-18(3)33-30(28)39(27)16-19-5-7-20(8-6-19)24-15-22(10-11-23(24)29-35-37-38-36-29)40-26-12-9-21(31)14-25(26)32/h5-15H,4,16H2,1-3H3,(H,35,36,37,38). The number of hydrogen-bond acceptors (Lipinski definition) is 6. The van der Waals surface area contributed by atoms with E-state index in [0.717, 1.165) is 69.1 Å². The van der Waals surface area contributed by atoms with Gasteiger partial charge in [-0.25, -0.2) is 18.7 Å². The molecule has 0 radical (unpaired) electrons. The van der Waals surface area contributed by atoms with Gasteiger partial charge in [0.05, 0.1) is 6.54 Å². The molecule has 3 aromatic heterocycles. The van der Waals surface area contributed by atoms with E-state index in [1.165, 1.54) is 6.07 Å². The molecule has 0 atom stereocenters. The van der Waals surface area contributed by atoms with Crippen molar-refractivity contribution in [3.05, 3.63) is 101 Å². The molecule has 40 heavy (non-hydrogen) atoms. The molecule has 0 aliphatic rings. The maximum atomic E-state index is 14.2. The Hall–Kier alpha value is -4.99. The number of H-pyrrole nitrogens is 1.